The zero-order chi connectivity index (χ0) is 25.5. The van der Waals surface area contributed by atoms with Gasteiger partial charge in [0.2, 0.25) is 5.91 Å². The number of ether oxygens (including phenoxy) is 2. The SMILES string of the molecule is CCNC(=O)SOCC(C)CONC(=O)NCPCOC1OC(CO)C(O)C(O)C1NC(C)=O. The summed E-state index contributed by atoms with van der Waals surface area (Å²) in [5, 5.41) is 36.8. The molecule has 0 aliphatic carbocycles. The molecule has 16 heteroatoms. The van der Waals surface area contributed by atoms with Crippen molar-refractivity contribution in [3.8, 4) is 0 Å². The maximum absolute atomic E-state index is 11.8. The molecule has 1 fully saturated rings. The number of hydrogen-bond acceptors (Lipinski definition) is 11. The highest BCUT2D eigenvalue weighted by Gasteiger charge is 2.45. The van der Waals surface area contributed by atoms with E-state index in [-0.39, 0.29) is 45.6 Å². The normalized spacial score (nSPS) is 25.6. The molecule has 1 aliphatic rings. The predicted octanol–water partition coefficient (Wildman–Crippen LogP) is -1.20. The number of carbonyl (C=O) groups excluding carboxylic acids is 3. The lowest BCUT2D eigenvalue weighted by Gasteiger charge is -2.42. The van der Waals surface area contributed by atoms with Gasteiger partial charge in [0, 0.05) is 25.7 Å². The molecule has 34 heavy (non-hydrogen) atoms. The second-order valence-corrected chi connectivity index (χ2v) is 9.30. The summed E-state index contributed by atoms with van der Waals surface area (Å²) in [7, 11) is 0.102. The van der Waals surface area contributed by atoms with Crippen LogP contribution in [0.2, 0.25) is 0 Å². The molecule has 7 N–H and O–H groups in total. The number of nitrogens with one attached hydrogen (secondary N) is 4. The Labute approximate surface area is 204 Å². The van der Waals surface area contributed by atoms with Gasteiger partial charge in [-0.3, -0.25) is 14.4 Å². The predicted molar refractivity (Wildman–Crippen MR) is 124 cm³/mol. The summed E-state index contributed by atoms with van der Waals surface area (Å²) in [6.07, 6.45) is -4.54. The number of urea groups is 1. The number of hydroxylamine groups is 1. The van der Waals surface area contributed by atoms with Crippen molar-refractivity contribution in [1.29, 1.82) is 0 Å². The monoisotopic (exact) mass is 530 g/mol. The van der Waals surface area contributed by atoms with Gasteiger partial charge in [-0.25, -0.2) is 10.3 Å². The third-order valence-electron chi connectivity index (χ3n) is 4.32. The summed E-state index contributed by atoms with van der Waals surface area (Å²) in [6, 6.07) is -1.57. The van der Waals surface area contributed by atoms with Crippen LogP contribution >= 0.6 is 20.6 Å². The lowest BCUT2D eigenvalue weighted by Crippen LogP contribution is -2.64. The molecular weight excluding hydrogens is 495 g/mol. The van der Waals surface area contributed by atoms with Gasteiger partial charge in [-0.2, -0.15) is 0 Å². The Morgan fingerprint density at radius 3 is 2.56 bits per heavy atom. The van der Waals surface area contributed by atoms with Crippen LogP contribution in [0.3, 0.4) is 0 Å². The van der Waals surface area contributed by atoms with Crippen LogP contribution < -0.4 is 21.4 Å². The molecule has 0 aromatic heterocycles. The Bertz CT molecular complexity index is 638. The first-order valence-electron chi connectivity index (χ1n) is 10.6. The summed E-state index contributed by atoms with van der Waals surface area (Å²) in [4.78, 5) is 39.5. The molecule has 7 atom stereocenters. The summed E-state index contributed by atoms with van der Waals surface area (Å²) in [5.41, 5.74) is 2.24. The van der Waals surface area contributed by atoms with E-state index in [1.54, 1.807) is 6.92 Å². The molecule has 0 aromatic rings. The molecule has 1 saturated heterocycles. The number of rotatable bonds is 14. The molecule has 7 unspecified atom stereocenters. The van der Waals surface area contributed by atoms with E-state index in [1.165, 1.54) is 6.92 Å². The molecule has 4 amide bonds. The lowest BCUT2D eigenvalue weighted by molar-refractivity contribution is -0.264. The Kier molecular flexibility index (Phi) is 15.5. The molecular formula is C18H35N4O10PS. The average molecular weight is 531 g/mol. The van der Waals surface area contributed by atoms with E-state index in [0.717, 1.165) is 0 Å². The third kappa shape index (κ3) is 11.9. The first-order valence-corrected chi connectivity index (χ1v) is 12.8. The topological polar surface area (TPSA) is 197 Å². The van der Waals surface area contributed by atoms with E-state index in [2.05, 4.69) is 21.4 Å². The van der Waals surface area contributed by atoms with Crippen molar-refractivity contribution in [2.24, 2.45) is 5.92 Å². The van der Waals surface area contributed by atoms with Gasteiger partial charge in [-0.1, -0.05) is 15.5 Å². The van der Waals surface area contributed by atoms with Crippen molar-refractivity contribution in [2.75, 3.05) is 39.0 Å². The van der Waals surface area contributed by atoms with Crippen LogP contribution in [0.1, 0.15) is 20.8 Å². The third-order valence-corrected chi connectivity index (χ3v) is 5.66. The van der Waals surface area contributed by atoms with E-state index < -0.39 is 49.2 Å². The number of aliphatic hydroxyl groups is 3. The fourth-order valence-corrected chi connectivity index (χ4v) is 3.94. The number of amides is 4. The summed E-state index contributed by atoms with van der Waals surface area (Å²) in [5.74, 6) is -0.514. The van der Waals surface area contributed by atoms with E-state index in [4.69, 9.17) is 18.5 Å². The minimum Gasteiger partial charge on any atom is -0.394 e. The summed E-state index contributed by atoms with van der Waals surface area (Å²) < 4.78 is 16.2. The van der Waals surface area contributed by atoms with E-state index in [9.17, 15) is 29.7 Å². The zero-order valence-electron chi connectivity index (χ0n) is 19.3. The van der Waals surface area contributed by atoms with Crippen molar-refractivity contribution < 1.29 is 48.2 Å². The largest absolute Gasteiger partial charge is 0.394 e. The Hall–Kier alpha value is -1.29. The van der Waals surface area contributed by atoms with Crippen LogP contribution in [0.4, 0.5) is 9.59 Å². The van der Waals surface area contributed by atoms with Crippen molar-refractivity contribution in [3.05, 3.63) is 0 Å². The first-order chi connectivity index (χ1) is 16.2. The molecule has 0 spiro atoms. The zero-order valence-corrected chi connectivity index (χ0v) is 21.1. The maximum Gasteiger partial charge on any atom is 0.338 e. The second kappa shape index (κ2) is 17.2. The Balaban J connectivity index is 2.21. The molecule has 0 aromatic carbocycles. The summed E-state index contributed by atoms with van der Waals surface area (Å²) in [6.45, 7) is 5.30. The standard InChI is InChI=1S/C18H35N4O10PS/c1-4-19-18(28)34-31-7-10(2)6-30-22-17(27)20-8-33-9-29-16-13(21-11(3)24)15(26)14(25)12(5-23)32-16/h10,12-16,23,25-26,33H,4-9H2,1-3H3,(H,19,28)(H,21,24)(H2,20,22,27). The number of aliphatic hydroxyl groups excluding tert-OH is 3. The molecule has 0 radical (unpaired) electrons. The Morgan fingerprint density at radius 2 is 1.91 bits per heavy atom. The van der Waals surface area contributed by atoms with Crippen LogP contribution in [0.25, 0.3) is 0 Å². The second-order valence-electron chi connectivity index (χ2n) is 7.38. The molecule has 0 saturated carbocycles. The van der Waals surface area contributed by atoms with Crippen LogP contribution in [0.5, 0.6) is 0 Å². The first kappa shape index (κ1) is 30.7. The molecule has 14 nitrogen and oxygen atoms in total. The highest BCUT2D eigenvalue weighted by Crippen LogP contribution is 2.23. The minimum atomic E-state index is -1.39. The smallest absolute Gasteiger partial charge is 0.338 e. The van der Waals surface area contributed by atoms with Gasteiger partial charge in [-0.05, 0) is 6.92 Å². The number of hydrogen-bond donors (Lipinski definition) is 7. The lowest BCUT2D eigenvalue weighted by atomic mass is 9.97. The van der Waals surface area contributed by atoms with Crippen molar-refractivity contribution in [3.63, 3.8) is 0 Å². The fourth-order valence-electron chi connectivity index (χ4n) is 2.66. The van der Waals surface area contributed by atoms with Gasteiger partial charge in [0.25, 0.3) is 0 Å². The average Bonchev–Trinajstić information content (AvgIpc) is 2.78. The van der Waals surface area contributed by atoms with Gasteiger partial charge in [-0.15, -0.1) is 0 Å². The maximum atomic E-state index is 11.8. The van der Waals surface area contributed by atoms with Crippen LogP contribution in [-0.2, 0) is 23.3 Å². The molecule has 198 valence electrons. The van der Waals surface area contributed by atoms with Gasteiger partial charge in [0.05, 0.1) is 38.2 Å². The number of carbonyl (C=O) groups is 3. The van der Waals surface area contributed by atoms with E-state index in [1.807, 2.05) is 6.92 Å². The van der Waals surface area contributed by atoms with Crippen molar-refractivity contribution in [1.82, 2.24) is 21.4 Å². The molecule has 1 aliphatic heterocycles. The molecule has 0 bridgehead atoms. The van der Waals surface area contributed by atoms with Crippen LogP contribution in [0.15, 0.2) is 0 Å². The minimum absolute atomic E-state index is 0.0684. The van der Waals surface area contributed by atoms with Gasteiger partial charge >= 0.3 is 11.3 Å². The highest BCUT2D eigenvalue weighted by atomic mass is 32.2. The quantitative estimate of drug-likeness (QED) is 0.0616. The van der Waals surface area contributed by atoms with Crippen molar-refractivity contribution in [2.45, 2.75) is 51.4 Å². The summed E-state index contributed by atoms with van der Waals surface area (Å²) >= 11 is 0.715. The van der Waals surface area contributed by atoms with Crippen LogP contribution in [0, 0.1) is 5.92 Å². The van der Waals surface area contributed by atoms with Gasteiger partial charge in [0.1, 0.15) is 24.4 Å². The molecule has 1 heterocycles. The van der Waals surface area contributed by atoms with E-state index in [0.29, 0.717) is 18.6 Å². The highest BCUT2D eigenvalue weighted by molar-refractivity contribution is 8.09. The van der Waals surface area contributed by atoms with Crippen LogP contribution in [-0.4, -0.2) is 102 Å². The van der Waals surface area contributed by atoms with Gasteiger partial charge < -0.3 is 44.9 Å². The van der Waals surface area contributed by atoms with Crippen molar-refractivity contribution >= 4 is 37.8 Å². The Morgan fingerprint density at radius 1 is 1.18 bits per heavy atom. The molecule has 1 rings (SSSR count). The fraction of sp³-hybridized carbons (Fsp3) is 0.833. The van der Waals surface area contributed by atoms with E-state index >= 15 is 0 Å². The van der Waals surface area contributed by atoms with Gasteiger partial charge in [0.15, 0.2) is 6.29 Å².